The first-order valence-corrected chi connectivity index (χ1v) is 5.20. The summed E-state index contributed by atoms with van der Waals surface area (Å²) >= 11 is 0. The van der Waals surface area contributed by atoms with Crippen LogP contribution in [0.3, 0.4) is 0 Å². The van der Waals surface area contributed by atoms with Gasteiger partial charge in [-0.2, -0.15) is 0 Å². The van der Waals surface area contributed by atoms with Crippen LogP contribution in [-0.4, -0.2) is 25.7 Å². The highest BCUT2D eigenvalue weighted by Crippen LogP contribution is 1.95. The molecule has 1 N–H and O–H groups in total. The summed E-state index contributed by atoms with van der Waals surface area (Å²) in [6.45, 7) is 8.33. The quantitative estimate of drug-likeness (QED) is 0.385. The summed E-state index contributed by atoms with van der Waals surface area (Å²) in [6, 6.07) is 0. The number of nitrogens with one attached hydrogen (secondary N) is 1. The lowest BCUT2D eigenvalue weighted by Gasteiger charge is -2.03. The Morgan fingerprint density at radius 2 is 2.21 bits per heavy atom. The van der Waals surface area contributed by atoms with E-state index in [9.17, 15) is 4.79 Å². The predicted octanol–water partition coefficient (Wildman–Crippen LogP) is 1.74. The summed E-state index contributed by atoms with van der Waals surface area (Å²) < 4.78 is 4.73. The molecule has 0 atom stereocenters. The van der Waals surface area contributed by atoms with E-state index in [1.165, 1.54) is 6.08 Å². The van der Waals surface area contributed by atoms with Crippen molar-refractivity contribution in [3.05, 3.63) is 12.2 Å². The van der Waals surface area contributed by atoms with Gasteiger partial charge >= 0.3 is 5.97 Å². The molecule has 0 saturated heterocycles. The highest BCUT2D eigenvalue weighted by Gasteiger charge is 1.93. The molecule has 0 spiro atoms. The summed E-state index contributed by atoms with van der Waals surface area (Å²) in [5.74, 6) is 0.453. The first kappa shape index (κ1) is 13.2. The van der Waals surface area contributed by atoms with E-state index in [1.807, 2.05) is 0 Å². The second kappa shape index (κ2) is 8.75. The Kier molecular flexibility index (Phi) is 8.24. The van der Waals surface area contributed by atoms with Crippen LogP contribution in [0.1, 0.15) is 27.2 Å². The summed E-state index contributed by atoms with van der Waals surface area (Å²) in [5, 5.41) is 3.22. The third-order valence-electron chi connectivity index (χ3n) is 1.70. The number of hydrogen-bond acceptors (Lipinski definition) is 3. The van der Waals surface area contributed by atoms with Gasteiger partial charge in [-0.3, -0.25) is 0 Å². The van der Waals surface area contributed by atoms with Crippen molar-refractivity contribution in [3.63, 3.8) is 0 Å². The Morgan fingerprint density at radius 3 is 2.79 bits per heavy atom. The molecule has 0 heterocycles. The standard InChI is InChI=1S/C11H21NO2/c1-4-14-11(13)6-5-8-12-9-7-10(2)3/h5-6,10,12H,4,7-9H2,1-3H3/b6-5+. The molecule has 3 nitrogen and oxygen atoms in total. The number of carbonyl (C=O) groups is 1. The van der Waals surface area contributed by atoms with Gasteiger partial charge in [0.25, 0.3) is 0 Å². The number of rotatable bonds is 7. The molecular weight excluding hydrogens is 178 g/mol. The molecule has 0 unspecified atom stereocenters. The zero-order chi connectivity index (χ0) is 10.8. The maximum absolute atomic E-state index is 10.8. The fraction of sp³-hybridized carbons (Fsp3) is 0.727. The fourth-order valence-corrected chi connectivity index (χ4v) is 0.922. The maximum atomic E-state index is 10.8. The van der Waals surface area contributed by atoms with Crippen molar-refractivity contribution < 1.29 is 9.53 Å². The number of carbonyl (C=O) groups excluding carboxylic acids is 1. The second-order valence-electron chi connectivity index (χ2n) is 3.54. The lowest BCUT2D eigenvalue weighted by molar-refractivity contribution is -0.137. The molecule has 0 aliphatic rings. The van der Waals surface area contributed by atoms with Crippen LogP contribution >= 0.6 is 0 Å². The Hall–Kier alpha value is -0.830. The molecule has 0 aliphatic heterocycles. The maximum Gasteiger partial charge on any atom is 0.330 e. The third-order valence-corrected chi connectivity index (χ3v) is 1.70. The molecule has 82 valence electrons. The minimum Gasteiger partial charge on any atom is -0.463 e. The summed E-state index contributed by atoms with van der Waals surface area (Å²) in [6.07, 6.45) is 4.41. The van der Waals surface area contributed by atoms with Crippen molar-refractivity contribution in [1.82, 2.24) is 5.32 Å². The van der Waals surface area contributed by atoms with Gasteiger partial charge in [0.05, 0.1) is 6.61 Å². The zero-order valence-corrected chi connectivity index (χ0v) is 9.38. The first-order valence-electron chi connectivity index (χ1n) is 5.20. The number of hydrogen-bond donors (Lipinski definition) is 1. The lowest BCUT2D eigenvalue weighted by atomic mass is 10.1. The van der Waals surface area contributed by atoms with Crippen molar-refractivity contribution in [2.24, 2.45) is 5.92 Å². The largest absolute Gasteiger partial charge is 0.463 e. The van der Waals surface area contributed by atoms with Crippen molar-refractivity contribution in [2.45, 2.75) is 27.2 Å². The predicted molar refractivity (Wildman–Crippen MR) is 58.1 cm³/mol. The van der Waals surface area contributed by atoms with Crippen molar-refractivity contribution in [2.75, 3.05) is 19.7 Å². The van der Waals surface area contributed by atoms with Crippen LogP contribution in [0.4, 0.5) is 0 Å². The van der Waals surface area contributed by atoms with E-state index < -0.39 is 0 Å². The fourth-order valence-electron chi connectivity index (χ4n) is 0.922. The van der Waals surface area contributed by atoms with Gasteiger partial charge in [-0.1, -0.05) is 19.9 Å². The summed E-state index contributed by atoms with van der Waals surface area (Å²) in [5.41, 5.74) is 0. The van der Waals surface area contributed by atoms with E-state index in [0.29, 0.717) is 6.61 Å². The van der Waals surface area contributed by atoms with Gasteiger partial charge in [0, 0.05) is 12.6 Å². The minimum absolute atomic E-state index is 0.266. The SMILES string of the molecule is CCOC(=O)/C=C/CNCCC(C)C. The van der Waals surface area contributed by atoms with Gasteiger partial charge in [-0.05, 0) is 25.8 Å². The Morgan fingerprint density at radius 1 is 1.50 bits per heavy atom. The van der Waals surface area contributed by atoms with Gasteiger partial charge < -0.3 is 10.1 Å². The van der Waals surface area contributed by atoms with Crippen LogP contribution in [-0.2, 0) is 9.53 Å². The molecular formula is C11H21NO2. The van der Waals surface area contributed by atoms with Crippen LogP contribution in [0.25, 0.3) is 0 Å². The minimum atomic E-state index is -0.266. The van der Waals surface area contributed by atoms with Gasteiger partial charge in [0.2, 0.25) is 0 Å². The van der Waals surface area contributed by atoms with E-state index in [2.05, 4.69) is 19.2 Å². The van der Waals surface area contributed by atoms with Crippen LogP contribution in [0, 0.1) is 5.92 Å². The smallest absolute Gasteiger partial charge is 0.330 e. The lowest BCUT2D eigenvalue weighted by Crippen LogP contribution is -2.16. The van der Waals surface area contributed by atoms with Crippen LogP contribution in [0.2, 0.25) is 0 Å². The van der Waals surface area contributed by atoms with Crippen molar-refractivity contribution in [3.8, 4) is 0 Å². The molecule has 0 rings (SSSR count). The van der Waals surface area contributed by atoms with E-state index in [4.69, 9.17) is 4.74 Å². The highest BCUT2D eigenvalue weighted by molar-refractivity contribution is 5.81. The topological polar surface area (TPSA) is 38.3 Å². The Bertz CT molecular complexity index is 176. The molecule has 0 aromatic rings. The normalized spacial score (nSPS) is 11.1. The van der Waals surface area contributed by atoms with Gasteiger partial charge in [-0.25, -0.2) is 4.79 Å². The molecule has 0 aromatic carbocycles. The molecule has 0 bridgehead atoms. The van der Waals surface area contributed by atoms with Crippen LogP contribution in [0.5, 0.6) is 0 Å². The van der Waals surface area contributed by atoms with Crippen LogP contribution in [0.15, 0.2) is 12.2 Å². The molecule has 0 fully saturated rings. The molecule has 0 aromatic heterocycles. The van der Waals surface area contributed by atoms with Gasteiger partial charge in [-0.15, -0.1) is 0 Å². The molecule has 0 amide bonds. The van der Waals surface area contributed by atoms with Crippen molar-refractivity contribution >= 4 is 5.97 Å². The Labute approximate surface area is 86.5 Å². The molecule has 0 radical (unpaired) electrons. The highest BCUT2D eigenvalue weighted by atomic mass is 16.5. The van der Waals surface area contributed by atoms with E-state index in [1.54, 1.807) is 13.0 Å². The molecule has 0 saturated carbocycles. The zero-order valence-electron chi connectivity index (χ0n) is 9.38. The first-order chi connectivity index (χ1) is 6.66. The van der Waals surface area contributed by atoms with E-state index in [0.717, 1.165) is 25.4 Å². The monoisotopic (exact) mass is 199 g/mol. The summed E-state index contributed by atoms with van der Waals surface area (Å²) in [7, 11) is 0. The average molecular weight is 199 g/mol. The number of ether oxygens (including phenoxy) is 1. The average Bonchev–Trinajstić information content (AvgIpc) is 2.11. The number of esters is 1. The molecule has 0 aliphatic carbocycles. The van der Waals surface area contributed by atoms with Gasteiger partial charge in [0.1, 0.15) is 0 Å². The van der Waals surface area contributed by atoms with Crippen LogP contribution < -0.4 is 5.32 Å². The van der Waals surface area contributed by atoms with Crippen molar-refractivity contribution in [1.29, 1.82) is 0 Å². The molecule has 3 heteroatoms. The van der Waals surface area contributed by atoms with Gasteiger partial charge in [0.15, 0.2) is 0 Å². The second-order valence-corrected chi connectivity index (χ2v) is 3.54. The third kappa shape index (κ3) is 9.26. The summed E-state index contributed by atoms with van der Waals surface area (Å²) in [4.78, 5) is 10.8. The Balaban J connectivity index is 3.30. The van der Waals surface area contributed by atoms with E-state index >= 15 is 0 Å². The van der Waals surface area contributed by atoms with E-state index in [-0.39, 0.29) is 5.97 Å². The molecule has 14 heavy (non-hydrogen) atoms.